The Bertz CT molecular complexity index is 553. The van der Waals surface area contributed by atoms with Crippen LogP contribution in [0.25, 0.3) is 0 Å². The fraction of sp³-hybridized carbons (Fsp3) is 0.667. The van der Waals surface area contributed by atoms with Crippen LogP contribution in [0.15, 0.2) is 29.3 Å². The van der Waals surface area contributed by atoms with Crippen molar-refractivity contribution in [1.82, 2.24) is 15.5 Å². The van der Waals surface area contributed by atoms with Crippen LogP contribution in [0.4, 0.5) is 0 Å². The number of hydrogen-bond acceptors (Lipinski definition) is 3. The molecule has 1 heterocycles. The average molecular weight is 488 g/mol. The Labute approximate surface area is 182 Å². The maximum atomic E-state index is 5.39. The smallest absolute Gasteiger partial charge is 0.191 e. The predicted molar refractivity (Wildman–Crippen MR) is 125 cm³/mol. The van der Waals surface area contributed by atoms with Gasteiger partial charge < -0.3 is 15.4 Å². The summed E-state index contributed by atoms with van der Waals surface area (Å²) in [5.74, 6) is 0.855. The summed E-state index contributed by atoms with van der Waals surface area (Å²) in [7, 11) is 0. The maximum absolute atomic E-state index is 5.39. The van der Waals surface area contributed by atoms with Crippen LogP contribution in [0.5, 0.6) is 0 Å². The Morgan fingerprint density at radius 1 is 1.19 bits per heavy atom. The highest BCUT2D eigenvalue weighted by Crippen LogP contribution is 2.21. The minimum absolute atomic E-state index is 0. The molecule has 2 N–H and O–H groups in total. The molecule has 1 aromatic rings. The van der Waals surface area contributed by atoms with E-state index in [4.69, 9.17) is 9.73 Å². The number of aliphatic imine (C=N–C) groups is 1. The molecule has 1 unspecified atom stereocenters. The molecule has 0 saturated carbocycles. The van der Waals surface area contributed by atoms with Crippen molar-refractivity contribution in [3.63, 3.8) is 0 Å². The molecule has 6 heteroatoms. The van der Waals surface area contributed by atoms with Crippen LogP contribution in [-0.4, -0.2) is 49.7 Å². The lowest BCUT2D eigenvalue weighted by Gasteiger charge is -2.33. The van der Waals surface area contributed by atoms with Crippen LogP contribution in [0.2, 0.25) is 0 Å². The molecule has 0 bridgehead atoms. The second kappa shape index (κ2) is 14.2. The summed E-state index contributed by atoms with van der Waals surface area (Å²) in [6.45, 7) is 12.5. The van der Waals surface area contributed by atoms with E-state index in [0.717, 1.165) is 32.2 Å². The van der Waals surface area contributed by atoms with Gasteiger partial charge in [0.05, 0.1) is 13.2 Å². The third-order valence-corrected chi connectivity index (χ3v) is 4.93. The third-order valence-electron chi connectivity index (χ3n) is 4.93. The van der Waals surface area contributed by atoms with Gasteiger partial charge in [-0.2, -0.15) is 0 Å². The number of halogens is 1. The number of ether oxygens (including phenoxy) is 1. The van der Waals surface area contributed by atoms with Gasteiger partial charge in [0.2, 0.25) is 0 Å². The van der Waals surface area contributed by atoms with E-state index < -0.39 is 0 Å². The van der Waals surface area contributed by atoms with Crippen molar-refractivity contribution in [2.75, 3.05) is 32.8 Å². The number of hydrogen-bond donors (Lipinski definition) is 2. The van der Waals surface area contributed by atoms with E-state index in [9.17, 15) is 0 Å². The summed E-state index contributed by atoms with van der Waals surface area (Å²) < 4.78 is 5.39. The molecule has 1 aromatic carbocycles. The molecular formula is C21H37IN4O. The van der Waals surface area contributed by atoms with Crippen molar-refractivity contribution in [3.8, 4) is 0 Å². The van der Waals surface area contributed by atoms with Crippen molar-refractivity contribution < 1.29 is 4.74 Å². The first-order valence-electron chi connectivity index (χ1n) is 10.1. The molecule has 0 aromatic heterocycles. The SMILES string of the molecule is CCNC(=NCc1ccccc1CN1CCCCC1C)NCCOCC.I. The van der Waals surface area contributed by atoms with Gasteiger partial charge in [-0.3, -0.25) is 4.90 Å². The van der Waals surface area contributed by atoms with E-state index in [-0.39, 0.29) is 24.0 Å². The van der Waals surface area contributed by atoms with Gasteiger partial charge in [-0.1, -0.05) is 30.7 Å². The first kappa shape index (κ1) is 24.2. The molecule has 27 heavy (non-hydrogen) atoms. The van der Waals surface area contributed by atoms with E-state index >= 15 is 0 Å². The molecule has 2 rings (SSSR count). The molecule has 0 spiro atoms. The van der Waals surface area contributed by atoms with Crippen LogP contribution >= 0.6 is 24.0 Å². The van der Waals surface area contributed by atoms with E-state index in [0.29, 0.717) is 19.2 Å². The van der Waals surface area contributed by atoms with Crippen LogP contribution in [0, 0.1) is 0 Å². The molecular weight excluding hydrogens is 451 g/mol. The van der Waals surface area contributed by atoms with Gasteiger partial charge in [0.25, 0.3) is 0 Å². The minimum Gasteiger partial charge on any atom is -0.380 e. The monoisotopic (exact) mass is 488 g/mol. The van der Waals surface area contributed by atoms with Crippen LogP contribution in [-0.2, 0) is 17.8 Å². The lowest BCUT2D eigenvalue weighted by atomic mass is 10.0. The van der Waals surface area contributed by atoms with Crippen molar-refractivity contribution in [2.45, 2.75) is 59.2 Å². The summed E-state index contributed by atoms with van der Waals surface area (Å²) >= 11 is 0. The standard InChI is InChI=1S/C21H36N4O.HI/c1-4-22-21(23-13-15-26-5-2)24-16-19-11-6-7-12-20(19)17-25-14-9-8-10-18(25)3;/h6-7,11-12,18H,4-5,8-10,13-17H2,1-3H3,(H2,22,23,24);1H. The van der Waals surface area contributed by atoms with E-state index in [2.05, 4.69) is 53.6 Å². The summed E-state index contributed by atoms with van der Waals surface area (Å²) in [6.07, 6.45) is 4.00. The van der Waals surface area contributed by atoms with Gasteiger partial charge in [-0.15, -0.1) is 24.0 Å². The highest BCUT2D eigenvalue weighted by atomic mass is 127. The number of likely N-dealkylation sites (tertiary alicyclic amines) is 1. The van der Waals surface area contributed by atoms with E-state index in [1.807, 2.05) is 6.92 Å². The molecule has 0 aliphatic carbocycles. The lowest BCUT2D eigenvalue weighted by molar-refractivity contribution is 0.152. The maximum Gasteiger partial charge on any atom is 0.191 e. The molecule has 0 amide bonds. The molecule has 1 saturated heterocycles. The second-order valence-electron chi connectivity index (χ2n) is 6.90. The molecule has 1 fully saturated rings. The van der Waals surface area contributed by atoms with E-state index in [1.54, 1.807) is 0 Å². The molecule has 1 aliphatic heterocycles. The van der Waals surface area contributed by atoms with Crippen LogP contribution in [0.1, 0.15) is 51.2 Å². The third kappa shape index (κ3) is 8.79. The average Bonchev–Trinajstić information content (AvgIpc) is 2.66. The first-order valence-corrected chi connectivity index (χ1v) is 10.1. The Kier molecular flexibility index (Phi) is 12.7. The fourth-order valence-electron chi connectivity index (χ4n) is 3.37. The number of guanidine groups is 1. The number of rotatable bonds is 9. The zero-order chi connectivity index (χ0) is 18.6. The normalized spacial score (nSPS) is 18.0. The second-order valence-corrected chi connectivity index (χ2v) is 6.90. The molecule has 1 aliphatic rings. The topological polar surface area (TPSA) is 48.9 Å². The van der Waals surface area contributed by atoms with Crippen molar-refractivity contribution in [3.05, 3.63) is 35.4 Å². The Morgan fingerprint density at radius 2 is 1.96 bits per heavy atom. The van der Waals surface area contributed by atoms with Crippen molar-refractivity contribution >= 4 is 29.9 Å². The lowest BCUT2D eigenvalue weighted by Crippen LogP contribution is -2.39. The Hall–Kier alpha value is -0.860. The number of nitrogens with zero attached hydrogens (tertiary/aromatic N) is 2. The Balaban J connectivity index is 0.00000364. The quantitative estimate of drug-likeness (QED) is 0.241. The fourth-order valence-corrected chi connectivity index (χ4v) is 3.37. The van der Waals surface area contributed by atoms with Gasteiger partial charge in [-0.25, -0.2) is 4.99 Å². The molecule has 5 nitrogen and oxygen atoms in total. The summed E-state index contributed by atoms with van der Waals surface area (Å²) in [5.41, 5.74) is 2.71. The molecule has 154 valence electrons. The van der Waals surface area contributed by atoms with Crippen LogP contribution in [0.3, 0.4) is 0 Å². The highest BCUT2D eigenvalue weighted by Gasteiger charge is 2.19. The van der Waals surface area contributed by atoms with Gasteiger partial charge in [0, 0.05) is 32.3 Å². The van der Waals surface area contributed by atoms with Crippen molar-refractivity contribution in [1.29, 1.82) is 0 Å². The van der Waals surface area contributed by atoms with Gasteiger partial charge in [0.1, 0.15) is 0 Å². The largest absolute Gasteiger partial charge is 0.380 e. The first-order chi connectivity index (χ1) is 12.7. The van der Waals surface area contributed by atoms with Crippen molar-refractivity contribution in [2.24, 2.45) is 4.99 Å². The predicted octanol–water partition coefficient (Wildman–Crippen LogP) is 3.77. The van der Waals surface area contributed by atoms with Gasteiger partial charge in [0.15, 0.2) is 5.96 Å². The summed E-state index contributed by atoms with van der Waals surface area (Å²) in [5, 5.41) is 6.65. The summed E-state index contributed by atoms with van der Waals surface area (Å²) in [4.78, 5) is 7.38. The number of piperidine rings is 1. The Morgan fingerprint density at radius 3 is 2.67 bits per heavy atom. The molecule has 0 radical (unpaired) electrons. The molecule has 1 atom stereocenters. The van der Waals surface area contributed by atoms with Gasteiger partial charge in [-0.05, 0) is 51.3 Å². The highest BCUT2D eigenvalue weighted by molar-refractivity contribution is 14.0. The number of nitrogens with one attached hydrogen (secondary N) is 2. The number of benzene rings is 1. The zero-order valence-electron chi connectivity index (χ0n) is 17.2. The minimum atomic E-state index is 0. The van der Waals surface area contributed by atoms with Gasteiger partial charge >= 0.3 is 0 Å². The zero-order valence-corrected chi connectivity index (χ0v) is 19.5. The summed E-state index contributed by atoms with van der Waals surface area (Å²) in [6, 6.07) is 9.39. The van der Waals surface area contributed by atoms with Crippen LogP contribution < -0.4 is 10.6 Å². The van der Waals surface area contributed by atoms with E-state index in [1.165, 1.54) is 36.9 Å².